The van der Waals surface area contributed by atoms with Gasteiger partial charge < -0.3 is 10.6 Å². The number of hydrogen-bond donors (Lipinski definition) is 2. The predicted molar refractivity (Wildman–Crippen MR) is 76.9 cm³/mol. The molecule has 116 valence electrons. The number of piperazine rings is 1. The van der Waals surface area contributed by atoms with Gasteiger partial charge in [-0.25, -0.2) is 13.4 Å². The summed E-state index contributed by atoms with van der Waals surface area (Å²) in [7, 11) is -2.10. The lowest BCUT2D eigenvalue weighted by molar-refractivity contribution is -0.386. The predicted octanol–water partition coefficient (Wildman–Crippen LogP) is -0.382. The lowest BCUT2D eigenvalue weighted by Gasteiger charge is -2.32. The van der Waals surface area contributed by atoms with Crippen molar-refractivity contribution < 1.29 is 13.3 Å². The van der Waals surface area contributed by atoms with E-state index >= 15 is 0 Å². The number of nitrogens with zero attached hydrogens (tertiary/aromatic N) is 3. The largest absolute Gasteiger partial charge is 0.393 e. The number of likely N-dealkylation sites (N-methyl/N-ethyl adjacent to an activating group) is 1. The Morgan fingerprint density at radius 3 is 2.48 bits per heavy atom. The third-order valence-electron chi connectivity index (χ3n) is 3.25. The molecule has 0 unspecified atom stereocenters. The maximum Gasteiger partial charge on any atom is 0.312 e. The molecule has 1 fully saturated rings. The summed E-state index contributed by atoms with van der Waals surface area (Å²) in [6.07, 6.45) is 0. The van der Waals surface area contributed by atoms with Crippen LogP contribution in [0.3, 0.4) is 0 Å². The first-order chi connectivity index (χ1) is 9.81. The summed E-state index contributed by atoms with van der Waals surface area (Å²) in [5.41, 5.74) is 4.74. The maximum atomic E-state index is 12.3. The standard InChI is InChI=1S/C11H17N5O4S/c1-14-5-7-15(8-6-14)13-21(19,20)10-4-2-3-9(12)11(10)16(17)18/h2-4,13H,5-8,12H2,1H3. The molecule has 2 rings (SSSR count). The molecule has 1 heterocycles. The van der Waals surface area contributed by atoms with E-state index < -0.39 is 25.5 Å². The molecule has 0 amide bonds. The smallest absolute Gasteiger partial charge is 0.312 e. The first-order valence-electron chi connectivity index (χ1n) is 6.30. The van der Waals surface area contributed by atoms with E-state index in [0.717, 1.165) is 0 Å². The van der Waals surface area contributed by atoms with Crippen LogP contribution in [0.4, 0.5) is 11.4 Å². The lowest BCUT2D eigenvalue weighted by atomic mass is 10.3. The van der Waals surface area contributed by atoms with Crippen molar-refractivity contribution in [1.82, 2.24) is 14.7 Å². The Hall–Kier alpha value is -1.75. The number of nitro groups is 1. The third kappa shape index (κ3) is 3.47. The van der Waals surface area contributed by atoms with E-state index in [1.807, 2.05) is 7.05 Å². The number of nitrogens with two attached hydrogens (primary N) is 1. The second-order valence-electron chi connectivity index (χ2n) is 4.84. The van der Waals surface area contributed by atoms with E-state index in [1.54, 1.807) is 0 Å². The summed E-state index contributed by atoms with van der Waals surface area (Å²) < 4.78 is 24.7. The van der Waals surface area contributed by atoms with Gasteiger partial charge in [-0.15, -0.1) is 4.83 Å². The molecule has 0 atom stereocenters. The molecule has 0 bridgehead atoms. The van der Waals surface area contributed by atoms with Crippen LogP contribution < -0.4 is 10.6 Å². The number of para-hydroxylation sites is 1. The van der Waals surface area contributed by atoms with Gasteiger partial charge in [-0.1, -0.05) is 6.07 Å². The molecule has 1 saturated heterocycles. The van der Waals surface area contributed by atoms with Crippen LogP contribution in [0.1, 0.15) is 0 Å². The van der Waals surface area contributed by atoms with Gasteiger partial charge in [0.1, 0.15) is 5.69 Å². The lowest BCUT2D eigenvalue weighted by Crippen LogP contribution is -2.52. The number of nitrogens with one attached hydrogen (secondary N) is 1. The first kappa shape index (κ1) is 15.6. The van der Waals surface area contributed by atoms with Crippen LogP contribution in [0.15, 0.2) is 23.1 Å². The molecule has 1 aliphatic rings. The highest BCUT2D eigenvalue weighted by Crippen LogP contribution is 2.29. The number of rotatable bonds is 4. The SMILES string of the molecule is CN1CCN(NS(=O)(=O)c2cccc(N)c2[N+](=O)[O-])CC1. The Bertz CT molecular complexity index is 640. The van der Waals surface area contributed by atoms with Gasteiger partial charge in [-0.3, -0.25) is 10.1 Å². The van der Waals surface area contributed by atoms with E-state index in [2.05, 4.69) is 9.73 Å². The van der Waals surface area contributed by atoms with E-state index in [0.29, 0.717) is 26.2 Å². The zero-order valence-electron chi connectivity index (χ0n) is 11.5. The molecule has 0 aliphatic carbocycles. The Morgan fingerprint density at radius 1 is 1.29 bits per heavy atom. The molecule has 10 heteroatoms. The maximum absolute atomic E-state index is 12.3. The summed E-state index contributed by atoms with van der Waals surface area (Å²) in [5.74, 6) is 0. The van der Waals surface area contributed by atoms with Gasteiger partial charge in [0.15, 0.2) is 4.90 Å². The minimum absolute atomic E-state index is 0.179. The number of anilines is 1. The van der Waals surface area contributed by atoms with Crippen molar-refractivity contribution in [2.24, 2.45) is 0 Å². The molecule has 0 radical (unpaired) electrons. The Kier molecular flexibility index (Phi) is 4.42. The molecule has 0 spiro atoms. The third-order valence-corrected chi connectivity index (χ3v) is 4.66. The zero-order chi connectivity index (χ0) is 15.6. The topological polar surface area (TPSA) is 122 Å². The average Bonchev–Trinajstić information content (AvgIpc) is 2.40. The van der Waals surface area contributed by atoms with Gasteiger partial charge in [0.25, 0.3) is 10.0 Å². The van der Waals surface area contributed by atoms with Crippen LogP contribution in [0, 0.1) is 10.1 Å². The van der Waals surface area contributed by atoms with Gasteiger partial charge in [0, 0.05) is 26.2 Å². The fourth-order valence-electron chi connectivity index (χ4n) is 2.07. The monoisotopic (exact) mass is 315 g/mol. The van der Waals surface area contributed by atoms with E-state index in [-0.39, 0.29) is 5.69 Å². The van der Waals surface area contributed by atoms with Gasteiger partial charge in [0.05, 0.1) is 4.92 Å². The fourth-order valence-corrected chi connectivity index (χ4v) is 3.39. The summed E-state index contributed by atoms with van der Waals surface area (Å²) in [6.45, 7) is 2.43. The number of nitro benzene ring substituents is 1. The number of nitrogen functional groups attached to an aromatic ring is 1. The van der Waals surface area contributed by atoms with Gasteiger partial charge >= 0.3 is 5.69 Å². The highest BCUT2D eigenvalue weighted by atomic mass is 32.2. The molecule has 0 saturated carbocycles. The van der Waals surface area contributed by atoms with Crippen LogP contribution in [0.25, 0.3) is 0 Å². The fraction of sp³-hybridized carbons (Fsp3) is 0.455. The highest BCUT2D eigenvalue weighted by Gasteiger charge is 2.30. The quantitative estimate of drug-likeness (QED) is 0.441. The Morgan fingerprint density at radius 2 is 1.90 bits per heavy atom. The molecule has 3 N–H and O–H groups in total. The molecule has 1 aliphatic heterocycles. The zero-order valence-corrected chi connectivity index (χ0v) is 12.3. The number of benzene rings is 1. The van der Waals surface area contributed by atoms with Crippen molar-refractivity contribution >= 4 is 21.4 Å². The average molecular weight is 315 g/mol. The van der Waals surface area contributed by atoms with Crippen molar-refractivity contribution in [2.45, 2.75) is 4.90 Å². The van der Waals surface area contributed by atoms with E-state index in [4.69, 9.17) is 5.73 Å². The normalized spacial score (nSPS) is 17.8. The second-order valence-corrected chi connectivity index (χ2v) is 6.47. The first-order valence-corrected chi connectivity index (χ1v) is 7.78. The van der Waals surface area contributed by atoms with Gasteiger partial charge in [0.2, 0.25) is 0 Å². The Balaban J connectivity index is 2.28. The van der Waals surface area contributed by atoms with Crippen molar-refractivity contribution in [2.75, 3.05) is 39.0 Å². The van der Waals surface area contributed by atoms with Gasteiger partial charge in [-0.05, 0) is 19.2 Å². The number of sulfonamides is 1. The van der Waals surface area contributed by atoms with Crippen LogP contribution >= 0.6 is 0 Å². The minimum Gasteiger partial charge on any atom is -0.393 e. The van der Waals surface area contributed by atoms with Crippen molar-refractivity contribution in [3.8, 4) is 0 Å². The van der Waals surface area contributed by atoms with Gasteiger partial charge in [-0.2, -0.15) is 0 Å². The van der Waals surface area contributed by atoms with Crippen molar-refractivity contribution in [3.05, 3.63) is 28.3 Å². The van der Waals surface area contributed by atoms with Crippen molar-refractivity contribution in [1.29, 1.82) is 0 Å². The number of hydrogen-bond acceptors (Lipinski definition) is 7. The van der Waals surface area contributed by atoms with Crippen LogP contribution in [-0.2, 0) is 10.0 Å². The summed E-state index contributed by atoms with van der Waals surface area (Å²) in [4.78, 5) is 14.3. The van der Waals surface area contributed by atoms with Crippen LogP contribution in [0.5, 0.6) is 0 Å². The molecule has 21 heavy (non-hydrogen) atoms. The molecule has 9 nitrogen and oxygen atoms in total. The minimum atomic E-state index is -4.04. The molecular formula is C11H17N5O4S. The number of hydrazine groups is 1. The van der Waals surface area contributed by atoms with Crippen LogP contribution in [-0.4, -0.2) is 56.5 Å². The molecule has 1 aromatic rings. The Labute approximate surface area is 122 Å². The molecule has 0 aromatic heterocycles. The summed E-state index contributed by atoms with van der Waals surface area (Å²) >= 11 is 0. The van der Waals surface area contributed by atoms with Crippen LogP contribution in [0.2, 0.25) is 0 Å². The van der Waals surface area contributed by atoms with E-state index in [9.17, 15) is 18.5 Å². The van der Waals surface area contributed by atoms with Crippen molar-refractivity contribution in [3.63, 3.8) is 0 Å². The molecular weight excluding hydrogens is 298 g/mol. The summed E-state index contributed by atoms with van der Waals surface area (Å²) in [6, 6.07) is 3.85. The second kappa shape index (κ2) is 5.93. The van der Waals surface area contributed by atoms with E-state index in [1.165, 1.54) is 23.2 Å². The summed E-state index contributed by atoms with van der Waals surface area (Å²) in [5, 5.41) is 12.6. The highest BCUT2D eigenvalue weighted by molar-refractivity contribution is 7.89. The molecule has 1 aromatic carbocycles.